The lowest BCUT2D eigenvalue weighted by atomic mass is 9.96. The highest BCUT2D eigenvalue weighted by Gasteiger charge is 2.28. The van der Waals surface area contributed by atoms with Gasteiger partial charge in [0.2, 0.25) is 10.0 Å². The van der Waals surface area contributed by atoms with Crippen LogP contribution in [-0.2, 0) is 10.0 Å². The molecule has 1 atom stereocenters. The van der Waals surface area contributed by atoms with Crippen LogP contribution in [-0.4, -0.2) is 50.5 Å². The molecule has 0 aliphatic carbocycles. The third kappa shape index (κ3) is 4.85. The number of benzene rings is 1. The molecule has 4 nitrogen and oxygen atoms in total. The van der Waals surface area contributed by atoms with Gasteiger partial charge in [-0.1, -0.05) is 23.2 Å². The van der Waals surface area contributed by atoms with E-state index in [2.05, 4.69) is 9.62 Å². The van der Waals surface area contributed by atoms with Crippen molar-refractivity contribution in [3.05, 3.63) is 27.7 Å². The second-order valence-corrected chi connectivity index (χ2v) is 10.6. The van der Waals surface area contributed by atoms with Gasteiger partial charge in [-0.15, -0.1) is 0 Å². The van der Waals surface area contributed by atoms with Crippen molar-refractivity contribution in [3.63, 3.8) is 0 Å². The molecule has 1 aromatic carbocycles. The molecule has 2 aliphatic heterocycles. The van der Waals surface area contributed by atoms with Gasteiger partial charge < -0.3 is 0 Å². The first kappa shape index (κ1) is 19.8. The molecule has 8 heteroatoms. The van der Waals surface area contributed by atoms with Crippen molar-refractivity contribution in [3.8, 4) is 0 Å². The molecule has 0 spiro atoms. The van der Waals surface area contributed by atoms with Gasteiger partial charge in [-0.3, -0.25) is 4.90 Å². The van der Waals surface area contributed by atoms with E-state index in [4.69, 9.17) is 23.2 Å². The summed E-state index contributed by atoms with van der Waals surface area (Å²) in [5.74, 6) is 2.89. The maximum absolute atomic E-state index is 12.6. The zero-order valence-electron chi connectivity index (χ0n) is 14.3. The first-order valence-electron chi connectivity index (χ1n) is 8.64. The number of sulfonamides is 1. The van der Waals surface area contributed by atoms with Crippen LogP contribution in [0.4, 0.5) is 0 Å². The maximum Gasteiger partial charge on any atom is 0.242 e. The Balaban J connectivity index is 1.55. The van der Waals surface area contributed by atoms with Crippen LogP contribution >= 0.6 is 35.0 Å². The van der Waals surface area contributed by atoms with Gasteiger partial charge in [0.1, 0.15) is 4.90 Å². The lowest BCUT2D eigenvalue weighted by Crippen LogP contribution is -2.43. The number of nitrogens with one attached hydrogen (secondary N) is 1. The SMILES string of the molecule is Cc1cc(S(=O)(=O)NCC2CCN([C@@H]3CCSC3)CC2)c(Cl)cc1Cl. The normalized spacial score (nSPS) is 23.2. The number of halogens is 2. The topological polar surface area (TPSA) is 49.4 Å². The monoisotopic (exact) mass is 422 g/mol. The van der Waals surface area contributed by atoms with Crippen molar-refractivity contribution in [1.29, 1.82) is 0 Å². The zero-order chi connectivity index (χ0) is 18.0. The van der Waals surface area contributed by atoms with Crippen LogP contribution in [0.2, 0.25) is 10.0 Å². The number of nitrogens with zero attached hydrogens (tertiary/aromatic N) is 1. The molecule has 0 radical (unpaired) electrons. The van der Waals surface area contributed by atoms with Crippen molar-refractivity contribution in [2.45, 2.75) is 37.1 Å². The average Bonchev–Trinajstić information content (AvgIpc) is 3.11. The molecular formula is C17H24Cl2N2O2S2. The number of aryl methyl sites for hydroxylation is 1. The summed E-state index contributed by atoms with van der Waals surface area (Å²) in [5.41, 5.74) is 0.703. The predicted molar refractivity (Wildman–Crippen MR) is 106 cm³/mol. The number of piperidine rings is 1. The van der Waals surface area contributed by atoms with E-state index in [-0.39, 0.29) is 9.92 Å². The first-order chi connectivity index (χ1) is 11.9. The molecule has 1 aromatic rings. The minimum absolute atomic E-state index is 0.108. The smallest absolute Gasteiger partial charge is 0.242 e. The Morgan fingerprint density at radius 2 is 1.92 bits per heavy atom. The standard InChI is InChI=1S/C17H24Cl2N2O2S2/c1-12-8-17(16(19)9-15(12)18)25(22,23)20-10-13-2-5-21(6-3-13)14-4-7-24-11-14/h8-9,13-14,20H,2-7,10-11H2,1H3/t14-/m1/s1. The molecule has 2 heterocycles. The Kier molecular flexibility index (Phi) is 6.61. The van der Waals surface area contributed by atoms with Crippen LogP contribution in [0.15, 0.2) is 17.0 Å². The molecule has 0 saturated carbocycles. The van der Waals surface area contributed by atoms with Gasteiger partial charge >= 0.3 is 0 Å². The fourth-order valence-corrected chi connectivity index (χ4v) is 6.68. The highest BCUT2D eigenvalue weighted by Crippen LogP contribution is 2.29. The summed E-state index contributed by atoms with van der Waals surface area (Å²) < 4.78 is 27.9. The summed E-state index contributed by atoms with van der Waals surface area (Å²) in [6, 6.07) is 3.75. The van der Waals surface area contributed by atoms with Crippen molar-refractivity contribution in [2.24, 2.45) is 5.92 Å². The number of rotatable bonds is 5. The third-order valence-electron chi connectivity index (χ3n) is 5.14. The van der Waals surface area contributed by atoms with E-state index < -0.39 is 10.0 Å². The Bertz CT molecular complexity index is 714. The summed E-state index contributed by atoms with van der Waals surface area (Å²) >= 11 is 14.1. The summed E-state index contributed by atoms with van der Waals surface area (Å²) in [7, 11) is -3.62. The molecule has 2 saturated heterocycles. The van der Waals surface area contributed by atoms with Gasteiger partial charge in [-0.05, 0) is 68.6 Å². The van der Waals surface area contributed by atoms with Gasteiger partial charge in [0, 0.05) is 23.4 Å². The van der Waals surface area contributed by atoms with Crippen molar-refractivity contribution >= 4 is 45.0 Å². The second kappa shape index (κ2) is 8.36. The van der Waals surface area contributed by atoms with E-state index >= 15 is 0 Å². The van der Waals surface area contributed by atoms with E-state index in [1.54, 1.807) is 6.92 Å². The third-order valence-corrected chi connectivity index (χ3v) is 8.58. The van der Waals surface area contributed by atoms with E-state index in [0.29, 0.717) is 23.0 Å². The minimum Gasteiger partial charge on any atom is -0.300 e. The summed E-state index contributed by atoms with van der Waals surface area (Å²) in [4.78, 5) is 2.68. The number of likely N-dealkylation sites (tertiary alicyclic amines) is 1. The Labute approximate surface area is 164 Å². The van der Waals surface area contributed by atoms with E-state index in [1.807, 2.05) is 11.8 Å². The van der Waals surface area contributed by atoms with Crippen LogP contribution in [0.1, 0.15) is 24.8 Å². The van der Waals surface area contributed by atoms with E-state index in [0.717, 1.165) is 32.0 Å². The molecule has 1 N–H and O–H groups in total. The number of thioether (sulfide) groups is 1. The van der Waals surface area contributed by atoms with Crippen LogP contribution in [0, 0.1) is 12.8 Å². The van der Waals surface area contributed by atoms with Crippen LogP contribution < -0.4 is 4.72 Å². The molecule has 0 unspecified atom stereocenters. The van der Waals surface area contributed by atoms with Gasteiger partial charge in [-0.2, -0.15) is 11.8 Å². The molecule has 2 aliphatic rings. The van der Waals surface area contributed by atoms with Gasteiger partial charge in [0.05, 0.1) is 5.02 Å². The molecule has 2 fully saturated rings. The van der Waals surface area contributed by atoms with Crippen molar-refractivity contribution in [1.82, 2.24) is 9.62 Å². The molecule has 0 bridgehead atoms. The molecule has 0 amide bonds. The van der Waals surface area contributed by atoms with Crippen LogP contribution in [0.25, 0.3) is 0 Å². The van der Waals surface area contributed by atoms with Gasteiger partial charge in [0.15, 0.2) is 0 Å². The average molecular weight is 423 g/mol. The lowest BCUT2D eigenvalue weighted by Gasteiger charge is -2.35. The molecular weight excluding hydrogens is 399 g/mol. The molecule has 3 rings (SSSR count). The second-order valence-electron chi connectivity index (χ2n) is 6.88. The molecule has 25 heavy (non-hydrogen) atoms. The summed E-state index contributed by atoms with van der Waals surface area (Å²) in [5, 5.41) is 0.637. The van der Waals surface area contributed by atoms with Crippen LogP contribution in [0.3, 0.4) is 0 Å². The highest BCUT2D eigenvalue weighted by molar-refractivity contribution is 7.99. The van der Waals surface area contributed by atoms with E-state index in [1.165, 1.54) is 30.1 Å². The summed E-state index contributed by atoms with van der Waals surface area (Å²) in [6.45, 7) is 4.37. The Morgan fingerprint density at radius 3 is 2.56 bits per heavy atom. The highest BCUT2D eigenvalue weighted by atomic mass is 35.5. The van der Waals surface area contributed by atoms with Gasteiger partial charge in [0.25, 0.3) is 0 Å². The Hall–Kier alpha value is 0.0200. The maximum atomic E-state index is 12.6. The van der Waals surface area contributed by atoms with Crippen LogP contribution in [0.5, 0.6) is 0 Å². The van der Waals surface area contributed by atoms with Crippen molar-refractivity contribution < 1.29 is 8.42 Å². The fourth-order valence-electron chi connectivity index (χ4n) is 3.47. The molecule has 0 aromatic heterocycles. The van der Waals surface area contributed by atoms with Gasteiger partial charge in [-0.25, -0.2) is 13.1 Å². The number of hydrogen-bond acceptors (Lipinski definition) is 4. The zero-order valence-corrected chi connectivity index (χ0v) is 17.4. The lowest BCUT2D eigenvalue weighted by molar-refractivity contribution is 0.145. The summed E-state index contributed by atoms with van der Waals surface area (Å²) in [6.07, 6.45) is 3.37. The minimum atomic E-state index is -3.62. The number of hydrogen-bond donors (Lipinski definition) is 1. The fraction of sp³-hybridized carbons (Fsp3) is 0.647. The predicted octanol–water partition coefficient (Wildman–Crippen LogP) is 3.80. The Morgan fingerprint density at radius 1 is 1.20 bits per heavy atom. The molecule has 140 valence electrons. The quantitative estimate of drug-likeness (QED) is 0.783. The van der Waals surface area contributed by atoms with Crippen molar-refractivity contribution in [2.75, 3.05) is 31.1 Å². The van der Waals surface area contributed by atoms with E-state index in [9.17, 15) is 8.42 Å². The first-order valence-corrected chi connectivity index (χ1v) is 12.0. The largest absolute Gasteiger partial charge is 0.300 e.